The number of nitrogens with zero attached hydrogens (tertiary/aromatic N) is 4. The zero-order valence-corrected chi connectivity index (χ0v) is 14.3. The number of aromatic nitrogens is 4. The van der Waals surface area contributed by atoms with Crippen molar-refractivity contribution in [2.24, 2.45) is 0 Å². The Morgan fingerprint density at radius 2 is 2.04 bits per heavy atom. The van der Waals surface area contributed by atoms with E-state index in [-0.39, 0.29) is 5.91 Å². The van der Waals surface area contributed by atoms with Gasteiger partial charge in [0.2, 0.25) is 4.96 Å². The molecule has 1 N–H and O–H groups in total. The van der Waals surface area contributed by atoms with Crippen LogP contribution in [0.4, 0.5) is 10.1 Å². The summed E-state index contributed by atoms with van der Waals surface area (Å²) >= 11 is 1.38. The van der Waals surface area contributed by atoms with E-state index in [0.717, 1.165) is 10.6 Å². The van der Waals surface area contributed by atoms with Crippen LogP contribution in [0.1, 0.15) is 10.4 Å². The second-order valence-corrected chi connectivity index (χ2v) is 6.30. The molecule has 0 aliphatic carbocycles. The van der Waals surface area contributed by atoms with Crippen molar-refractivity contribution < 1.29 is 13.9 Å². The summed E-state index contributed by atoms with van der Waals surface area (Å²) in [5.41, 5.74) is 1.64. The first kappa shape index (κ1) is 16.2. The number of carbonyl (C=O) groups excluding carboxylic acids is 1. The van der Waals surface area contributed by atoms with Gasteiger partial charge in [0, 0.05) is 11.1 Å². The molecule has 130 valence electrons. The van der Waals surface area contributed by atoms with Crippen molar-refractivity contribution in [1.29, 1.82) is 0 Å². The molecule has 2 aromatic heterocycles. The van der Waals surface area contributed by atoms with E-state index in [1.165, 1.54) is 49.0 Å². The van der Waals surface area contributed by atoms with Gasteiger partial charge in [-0.25, -0.2) is 4.39 Å². The first-order valence-corrected chi connectivity index (χ1v) is 8.38. The van der Waals surface area contributed by atoms with Gasteiger partial charge in [0.25, 0.3) is 5.91 Å². The van der Waals surface area contributed by atoms with E-state index < -0.39 is 5.82 Å². The molecule has 4 aromatic rings. The Kier molecular flexibility index (Phi) is 4.05. The van der Waals surface area contributed by atoms with Gasteiger partial charge in [-0.3, -0.25) is 4.79 Å². The Labute approximate surface area is 151 Å². The molecule has 0 saturated carbocycles. The molecule has 2 heterocycles. The fourth-order valence-corrected chi connectivity index (χ4v) is 3.23. The molecule has 0 saturated heterocycles. The van der Waals surface area contributed by atoms with E-state index in [0.29, 0.717) is 22.0 Å². The number of hydrogen-bond acceptors (Lipinski definition) is 6. The molecule has 0 bridgehead atoms. The Bertz CT molecular complexity index is 1060. The minimum Gasteiger partial charge on any atom is -0.495 e. The first-order valence-electron chi connectivity index (χ1n) is 7.56. The van der Waals surface area contributed by atoms with Gasteiger partial charge in [-0.1, -0.05) is 11.3 Å². The Morgan fingerprint density at radius 1 is 1.23 bits per heavy atom. The second-order valence-electron chi connectivity index (χ2n) is 5.34. The van der Waals surface area contributed by atoms with Crippen molar-refractivity contribution in [2.75, 3.05) is 12.4 Å². The Morgan fingerprint density at radius 3 is 2.77 bits per heavy atom. The number of benzene rings is 2. The average molecular weight is 369 g/mol. The molecule has 2 aromatic carbocycles. The third-order valence-electron chi connectivity index (χ3n) is 3.69. The van der Waals surface area contributed by atoms with Gasteiger partial charge in [0.1, 0.15) is 22.9 Å². The highest BCUT2D eigenvalue weighted by Gasteiger charge is 2.14. The van der Waals surface area contributed by atoms with Gasteiger partial charge in [-0.05, 0) is 42.5 Å². The van der Waals surface area contributed by atoms with Crippen molar-refractivity contribution in [3.63, 3.8) is 0 Å². The van der Waals surface area contributed by atoms with Crippen LogP contribution in [0.3, 0.4) is 0 Å². The van der Waals surface area contributed by atoms with Crippen molar-refractivity contribution >= 4 is 27.9 Å². The lowest BCUT2D eigenvalue weighted by molar-refractivity contribution is 0.102. The highest BCUT2D eigenvalue weighted by atomic mass is 32.1. The summed E-state index contributed by atoms with van der Waals surface area (Å²) in [6, 6.07) is 10.7. The molecule has 0 atom stereocenters. The minimum absolute atomic E-state index is 0.345. The standard InChI is InChI=1S/C17H12FN5O2S/c1-25-14-7-4-11(16-22-23-9-19-21-17(23)26-16)8-13(14)20-15(24)10-2-5-12(18)6-3-10/h2-9H,1H3,(H,20,24). The van der Waals surface area contributed by atoms with Crippen molar-refractivity contribution in [2.45, 2.75) is 0 Å². The van der Waals surface area contributed by atoms with Crippen molar-refractivity contribution in [3.05, 3.63) is 60.2 Å². The monoisotopic (exact) mass is 369 g/mol. The van der Waals surface area contributed by atoms with Crippen molar-refractivity contribution in [1.82, 2.24) is 19.8 Å². The van der Waals surface area contributed by atoms with E-state index in [1.54, 1.807) is 16.6 Å². The molecule has 26 heavy (non-hydrogen) atoms. The zero-order chi connectivity index (χ0) is 18.1. The maximum absolute atomic E-state index is 13.0. The van der Waals surface area contributed by atoms with E-state index in [4.69, 9.17) is 4.74 Å². The summed E-state index contributed by atoms with van der Waals surface area (Å²) < 4.78 is 19.9. The summed E-state index contributed by atoms with van der Waals surface area (Å²) in [5.74, 6) is -0.254. The molecule has 0 aliphatic rings. The molecule has 0 aliphatic heterocycles. The van der Waals surface area contributed by atoms with Crippen LogP contribution < -0.4 is 10.1 Å². The summed E-state index contributed by atoms with van der Waals surface area (Å²) in [7, 11) is 1.52. The Hall–Kier alpha value is -3.33. The fraction of sp³-hybridized carbons (Fsp3) is 0.0588. The van der Waals surface area contributed by atoms with E-state index in [9.17, 15) is 9.18 Å². The molecule has 1 amide bonds. The van der Waals surface area contributed by atoms with E-state index in [2.05, 4.69) is 20.6 Å². The van der Waals surface area contributed by atoms with Crippen molar-refractivity contribution in [3.8, 4) is 16.3 Å². The topological polar surface area (TPSA) is 81.4 Å². The third kappa shape index (κ3) is 3.00. The molecular weight excluding hydrogens is 357 g/mol. The van der Waals surface area contributed by atoms with Crippen LogP contribution in [-0.4, -0.2) is 32.8 Å². The minimum atomic E-state index is -0.399. The SMILES string of the molecule is COc1ccc(-c2nn3cnnc3s2)cc1NC(=O)c1ccc(F)cc1. The highest BCUT2D eigenvalue weighted by molar-refractivity contribution is 7.19. The van der Waals surface area contributed by atoms with Crippen LogP contribution >= 0.6 is 11.3 Å². The lowest BCUT2D eigenvalue weighted by atomic mass is 10.1. The maximum atomic E-state index is 13.0. The molecule has 0 unspecified atom stereocenters. The first-order chi connectivity index (χ1) is 12.6. The zero-order valence-electron chi connectivity index (χ0n) is 13.5. The maximum Gasteiger partial charge on any atom is 0.255 e. The molecule has 4 rings (SSSR count). The smallest absolute Gasteiger partial charge is 0.255 e. The number of amides is 1. The highest BCUT2D eigenvalue weighted by Crippen LogP contribution is 2.32. The third-order valence-corrected chi connectivity index (χ3v) is 4.65. The van der Waals surface area contributed by atoms with E-state index in [1.807, 2.05) is 6.07 Å². The molecule has 0 radical (unpaired) electrons. The predicted molar refractivity (Wildman–Crippen MR) is 95.0 cm³/mol. The lowest BCUT2D eigenvalue weighted by Crippen LogP contribution is -2.12. The quantitative estimate of drug-likeness (QED) is 0.597. The van der Waals surface area contributed by atoms with Gasteiger partial charge in [-0.2, -0.15) is 9.61 Å². The summed E-state index contributed by atoms with van der Waals surface area (Å²) in [6.07, 6.45) is 1.52. The summed E-state index contributed by atoms with van der Waals surface area (Å²) in [4.78, 5) is 13.1. The van der Waals surface area contributed by atoms with Crippen LogP contribution in [0.25, 0.3) is 15.5 Å². The summed E-state index contributed by atoms with van der Waals surface area (Å²) in [6.45, 7) is 0. The normalized spacial score (nSPS) is 10.8. The number of nitrogens with one attached hydrogen (secondary N) is 1. The molecular formula is C17H12FN5O2S. The summed E-state index contributed by atoms with van der Waals surface area (Å²) in [5, 5.41) is 15.7. The number of rotatable bonds is 4. The number of hydrogen-bond donors (Lipinski definition) is 1. The van der Waals surface area contributed by atoms with Crippen LogP contribution in [0, 0.1) is 5.82 Å². The van der Waals surface area contributed by atoms with Gasteiger partial charge in [0.05, 0.1) is 12.8 Å². The number of carbonyl (C=O) groups is 1. The Balaban J connectivity index is 1.66. The predicted octanol–water partition coefficient (Wildman–Crippen LogP) is 3.25. The number of ether oxygens (including phenoxy) is 1. The number of anilines is 1. The van der Waals surface area contributed by atoms with Crippen LogP contribution in [0.2, 0.25) is 0 Å². The number of methoxy groups -OCH3 is 1. The molecule has 0 fully saturated rings. The van der Waals surface area contributed by atoms with Gasteiger partial charge in [-0.15, -0.1) is 10.2 Å². The van der Waals surface area contributed by atoms with Gasteiger partial charge < -0.3 is 10.1 Å². The molecule has 9 heteroatoms. The number of fused-ring (bicyclic) bond motifs is 1. The van der Waals surface area contributed by atoms with Crippen LogP contribution in [-0.2, 0) is 0 Å². The lowest BCUT2D eigenvalue weighted by Gasteiger charge is -2.11. The van der Waals surface area contributed by atoms with Crippen LogP contribution in [0.5, 0.6) is 5.75 Å². The second kappa shape index (κ2) is 6.52. The number of halogens is 1. The van der Waals surface area contributed by atoms with E-state index >= 15 is 0 Å². The van der Waals surface area contributed by atoms with Gasteiger partial charge >= 0.3 is 0 Å². The molecule has 7 nitrogen and oxygen atoms in total. The average Bonchev–Trinajstić information content (AvgIpc) is 3.24. The molecule has 0 spiro atoms. The largest absolute Gasteiger partial charge is 0.495 e. The van der Waals surface area contributed by atoms with Crippen LogP contribution in [0.15, 0.2) is 48.8 Å². The fourth-order valence-electron chi connectivity index (χ4n) is 2.41. The van der Waals surface area contributed by atoms with Gasteiger partial charge in [0.15, 0.2) is 0 Å².